The van der Waals surface area contributed by atoms with E-state index in [9.17, 15) is 9.59 Å². The van der Waals surface area contributed by atoms with Crippen molar-refractivity contribution in [3.63, 3.8) is 0 Å². The molecule has 1 saturated carbocycles. The van der Waals surface area contributed by atoms with Gasteiger partial charge < -0.3 is 14.7 Å². The third-order valence-electron chi connectivity index (χ3n) is 2.82. The molecule has 1 aliphatic carbocycles. The van der Waals surface area contributed by atoms with Crippen LogP contribution in [0.1, 0.15) is 25.7 Å². The van der Waals surface area contributed by atoms with Gasteiger partial charge in [-0.15, -0.1) is 0 Å². The summed E-state index contributed by atoms with van der Waals surface area (Å²) in [6, 6.07) is 0.397. The van der Waals surface area contributed by atoms with E-state index in [0.29, 0.717) is 19.2 Å². The number of aliphatic carboxylic acids is 1. The van der Waals surface area contributed by atoms with Crippen molar-refractivity contribution in [2.75, 3.05) is 13.2 Å². The summed E-state index contributed by atoms with van der Waals surface area (Å²) in [5.74, 6) is -0.903. The van der Waals surface area contributed by atoms with Gasteiger partial charge in [-0.05, 0) is 19.3 Å². The smallest absolute Gasteiger partial charge is 0.303 e. The van der Waals surface area contributed by atoms with Crippen LogP contribution in [0.2, 0.25) is 0 Å². The van der Waals surface area contributed by atoms with E-state index in [2.05, 4.69) is 0 Å². The van der Waals surface area contributed by atoms with Gasteiger partial charge in [-0.3, -0.25) is 9.59 Å². The second-order valence-corrected chi connectivity index (χ2v) is 4.05. The molecule has 1 amide bonds. The highest BCUT2D eigenvalue weighted by Crippen LogP contribution is 2.29. The highest BCUT2D eigenvalue weighted by atomic mass is 16.5. The predicted octanol–water partition coefficient (Wildman–Crippen LogP) is 0.241. The number of nitrogens with zero attached hydrogens (tertiary/aromatic N) is 1. The van der Waals surface area contributed by atoms with Gasteiger partial charge in [0.2, 0.25) is 0 Å². The Balaban J connectivity index is 1.87. The Hall–Kier alpha value is -1.10. The summed E-state index contributed by atoms with van der Waals surface area (Å²) < 4.78 is 5.29. The Bertz CT molecular complexity index is 275. The molecule has 1 heterocycles. The van der Waals surface area contributed by atoms with Gasteiger partial charge in [-0.1, -0.05) is 0 Å². The Morgan fingerprint density at radius 2 is 2.27 bits per heavy atom. The number of rotatable bonds is 4. The Labute approximate surface area is 88.0 Å². The molecule has 0 aromatic heterocycles. The summed E-state index contributed by atoms with van der Waals surface area (Å²) in [6.07, 6.45) is 1.91. The molecule has 84 valence electrons. The Morgan fingerprint density at radius 1 is 1.53 bits per heavy atom. The summed E-state index contributed by atoms with van der Waals surface area (Å²) in [4.78, 5) is 24.1. The summed E-state index contributed by atoms with van der Waals surface area (Å²) in [5, 5.41) is 8.54. The monoisotopic (exact) mass is 213 g/mol. The van der Waals surface area contributed by atoms with Crippen LogP contribution in [0, 0.1) is 0 Å². The first kappa shape index (κ1) is 10.4. The number of hydrogen-bond acceptors (Lipinski definition) is 3. The van der Waals surface area contributed by atoms with Crippen molar-refractivity contribution in [2.24, 2.45) is 0 Å². The molecule has 5 heteroatoms. The maximum absolute atomic E-state index is 11.8. The summed E-state index contributed by atoms with van der Waals surface area (Å²) >= 11 is 0. The van der Waals surface area contributed by atoms with Gasteiger partial charge >= 0.3 is 5.97 Å². The molecule has 1 aliphatic heterocycles. The van der Waals surface area contributed by atoms with E-state index in [1.807, 2.05) is 4.90 Å². The molecule has 1 unspecified atom stereocenters. The number of ether oxygens (including phenoxy) is 1. The maximum Gasteiger partial charge on any atom is 0.303 e. The highest BCUT2D eigenvalue weighted by molar-refractivity contribution is 5.82. The first-order valence-electron chi connectivity index (χ1n) is 5.32. The first-order chi connectivity index (χ1) is 7.18. The van der Waals surface area contributed by atoms with E-state index in [1.54, 1.807) is 0 Å². The van der Waals surface area contributed by atoms with Gasteiger partial charge in [0.1, 0.15) is 6.10 Å². The number of hydrogen-bond donors (Lipinski definition) is 1. The topological polar surface area (TPSA) is 66.8 Å². The normalized spacial score (nSPS) is 26.8. The van der Waals surface area contributed by atoms with Crippen LogP contribution in [-0.4, -0.2) is 47.2 Å². The molecule has 0 radical (unpaired) electrons. The fraction of sp³-hybridized carbons (Fsp3) is 0.800. The molecule has 0 aromatic rings. The number of morpholine rings is 1. The van der Waals surface area contributed by atoms with Gasteiger partial charge in [-0.25, -0.2) is 0 Å². The minimum Gasteiger partial charge on any atom is -0.481 e. The lowest BCUT2D eigenvalue weighted by atomic mass is 10.1. The molecule has 2 aliphatic rings. The van der Waals surface area contributed by atoms with Crippen LogP contribution in [-0.2, 0) is 14.3 Å². The van der Waals surface area contributed by atoms with Gasteiger partial charge in [0.15, 0.2) is 0 Å². The van der Waals surface area contributed by atoms with Crippen molar-refractivity contribution >= 4 is 11.9 Å². The summed E-state index contributed by atoms with van der Waals surface area (Å²) in [5.41, 5.74) is 0. The molecule has 1 N–H and O–H groups in total. The van der Waals surface area contributed by atoms with Crippen molar-refractivity contribution in [3.05, 3.63) is 0 Å². The molecule has 15 heavy (non-hydrogen) atoms. The second kappa shape index (κ2) is 4.18. The van der Waals surface area contributed by atoms with Crippen LogP contribution >= 0.6 is 0 Å². The molecular weight excluding hydrogens is 198 g/mol. The zero-order valence-corrected chi connectivity index (χ0v) is 8.52. The minimum atomic E-state index is -0.880. The van der Waals surface area contributed by atoms with Crippen molar-refractivity contribution in [3.8, 4) is 0 Å². The van der Waals surface area contributed by atoms with E-state index < -0.39 is 12.1 Å². The van der Waals surface area contributed by atoms with Crippen LogP contribution in [0.25, 0.3) is 0 Å². The Morgan fingerprint density at radius 3 is 2.87 bits per heavy atom. The minimum absolute atomic E-state index is 0.00505. The molecule has 0 aromatic carbocycles. The van der Waals surface area contributed by atoms with Gasteiger partial charge in [0.25, 0.3) is 5.91 Å². The molecule has 1 saturated heterocycles. The number of carbonyl (C=O) groups is 2. The standard InChI is InChI=1S/C10H15NO4/c12-9(13)4-3-8-10(14)11(5-6-15-8)7-1-2-7/h7-8H,1-6H2,(H,12,13). The average Bonchev–Trinajstić information content (AvgIpc) is 2.99. The molecule has 2 fully saturated rings. The van der Waals surface area contributed by atoms with Gasteiger partial charge in [0.05, 0.1) is 6.61 Å². The molecule has 0 spiro atoms. The fourth-order valence-corrected chi connectivity index (χ4v) is 1.87. The lowest BCUT2D eigenvalue weighted by molar-refractivity contribution is -0.155. The van der Waals surface area contributed by atoms with Crippen molar-refractivity contribution in [1.29, 1.82) is 0 Å². The fourth-order valence-electron chi connectivity index (χ4n) is 1.87. The largest absolute Gasteiger partial charge is 0.481 e. The average molecular weight is 213 g/mol. The zero-order chi connectivity index (χ0) is 10.8. The second-order valence-electron chi connectivity index (χ2n) is 4.05. The third kappa shape index (κ3) is 2.47. The van der Waals surface area contributed by atoms with Gasteiger partial charge in [-0.2, -0.15) is 0 Å². The van der Waals surface area contributed by atoms with E-state index in [1.165, 1.54) is 0 Å². The van der Waals surface area contributed by atoms with E-state index >= 15 is 0 Å². The number of carboxylic acid groups (broad SMARTS) is 1. The van der Waals surface area contributed by atoms with Crippen LogP contribution < -0.4 is 0 Å². The van der Waals surface area contributed by atoms with Crippen LogP contribution in [0.3, 0.4) is 0 Å². The lowest BCUT2D eigenvalue weighted by Crippen LogP contribution is -2.48. The zero-order valence-electron chi connectivity index (χ0n) is 8.52. The molecule has 5 nitrogen and oxygen atoms in total. The lowest BCUT2D eigenvalue weighted by Gasteiger charge is -2.32. The number of carboxylic acids is 1. The van der Waals surface area contributed by atoms with Crippen molar-refractivity contribution in [2.45, 2.75) is 37.8 Å². The molecule has 1 atom stereocenters. The van der Waals surface area contributed by atoms with E-state index in [4.69, 9.17) is 9.84 Å². The highest BCUT2D eigenvalue weighted by Gasteiger charge is 2.38. The van der Waals surface area contributed by atoms with Gasteiger partial charge in [0, 0.05) is 19.0 Å². The third-order valence-corrected chi connectivity index (χ3v) is 2.82. The molecular formula is C10H15NO4. The van der Waals surface area contributed by atoms with Crippen LogP contribution in [0.5, 0.6) is 0 Å². The van der Waals surface area contributed by atoms with Crippen LogP contribution in [0.15, 0.2) is 0 Å². The predicted molar refractivity (Wildman–Crippen MR) is 51.3 cm³/mol. The van der Waals surface area contributed by atoms with Crippen LogP contribution in [0.4, 0.5) is 0 Å². The number of amides is 1. The Kier molecular flexibility index (Phi) is 2.90. The number of carbonyl (C=O) groups excluding carboxylic acids is 1. The maximum atomic E-state index is 11.8. The van der Waals surface area contributed by atoms with Crippen molar-refractivity contribution < 1.29 is 19.4 Å². The molecule has 2 rings (SSSR count). The first-order valence-corrected chi connectivity index (χ1v) is 5.32. The molecule has 0 bridgehead atoms. The van der Waals surface area contributed by atoms with E-state index in [-0.39, 0.29) is 18.7 Å². The van der Waals surface area contributed by atoms with E-state index in [0.717, 1.165) is 12.8 Å². The summed E-state index contributed by atoms with van der Waals surface area (Å²) in [7, 11) is 0. The summed E-state index contributed by atoms with van der Waals surface area (Å²) in [6.45, 7) is 1.19. The quantitative estimate of drug-likeness (QED) is 0.726. The van der Waals surface area contributed by atoms with Crippen molar-refractivity contribution in [1.82, 2.24) is 4.90 Å². The SMILES string of the molecule is O=C(O)CCC1OCCN(C2CC2)C1=O.